The monoisotopic (exact) mass is 408 g/mol. The summed E-state index contributed by atoms with van der Waals surface area (Å²) < 4.78 is 27.2. The first kappa shape index (κ1) is 17.8. The molecule has 0 unspecified atom stereocenters. The van der Waals surface area contributed by atoms with Gasteiger partial charge in [0.1, 0.15) is 18.0 Å². The molecule has 2 fully saturated rings. The van der Waals surface area contributed by atoms with Crippen molar-refractivity contribution in [3.8, 4) is 11.6 Å². The van der Waals surface area contributed by atoms with Gasteiger partial charge in [-0.1, -0.05) is 5.16 Å². The van der Waals surface area contributed by atoms with E-state index in [2.05, 4.69) is 33.9 Å². The summed E-state index contributed by atoms with van der Waals surface area (Å²) in [5, 5.41) is 4.84. The van der Waals surface area contributed by atoms with Crippen LogP contribution >= 0.6 is 0 Å². The Hall–Kier alpha value is -3.07. The van der Waals surface area contributed by atoms with Crippen LogP contribution in [0.3, 0.4) is 0 Å². The molecule has 9 heteroatoms. The van der Waals surface area contributed by atoms with Gasteiger partial charge in [0.05, 0.1) is 24.3 Å². The first-order valence-electron chi connectivity index (χ1n) is 10.2. The smallest absolute Gasteiger partial charge is 0.280 e. The maximum Gasteiger partial charge on any atom is 0.280 e. The van der Waals surface area contributed by atoms with Gasteiger partial charge in [-0.3, -0.25) is 4.40 Å². The lowest BCUT2D eigenvalue weighted by molar-refractivity contribution is 0.0641. The van der Waals surface area contributed by atoms with Crippen molar-refractivity contribution < 1.29 is 13.7 Å². The highest BCUT2D eigenvalue weighted by atomic mass is 19.1. The third-order valence-electron chi connectivity index (χ3n) is 5.90. The highest BCUT2D eigenvalue weighted by molar-refractivity contribution is 5.94. The average molecular weight is 408 g/mol. The van der Waals surface area contributed by atoms with Crippen LogP contribution in [0.4, 0.5) is 10.2 Å². The summed E-state index contributed by atoms with van der Waals surface area (Å²) in [6, 6.07) is 4.74. The number of benzene rings is 1. The minimum absolute atomic E-state index is 0.285. The highest BCUT2D eigenvalue weighted by Gasteiger charge is 2.34. The lowest BCUT2D eigenvalue weighted by atomic mass is 10.0. The molecule has 8 nitrogen and oxygen atoms in total. The van der Waals surface area contributed by atoms with Gasteiger partial charge in [-0.15, -0.1) is 0 Å². The molecule has 1 aromatic carbocycles. The van der Waals surface area contributed by atoms with Gasteiger partial charge >= 0.3 is 0 Å². The van der Waals surface area contributed by atoms with Gasteiger partial charge in [0.15, 0.2) is 17.2 Å². The van der Waals surface area contributed by atoms with Crippen LogP contribution in [0.1, 0.15) is 38.4 Å². The Labute approximate surface area is 171 Å². The summed E-state index contributed by atoms with van der Waals surface area (Å²) in [4.78, 5) is 16.2. The topological polar surface area (TPSA) is 81.6 Å². The minimum Gasteiger partial charge on any atom is -0.377 e. The number of ether oxygens (including phenoxy) is 1. The molecule has 4 aromatic rings. The maximum absolute atomic E-state index is 14.2. The molecule has 2 aliphatic rings. The summed E-state index contributed by atoms with van der Waals surface area (Å²) in [6.45, 7) is 6.02. The minimum atomic E-state index is -0.303. The van der Waals surface area contributed by atoms with Crippen LogP contribution in [0.2, 0.25) is 0 Å². The van der Waals surface area contributed by atoms with E-state index < -0.39 is 0 Å². The molecule has 0 radical (unpaired) electrons. The van der Waals surface area contributed by atoms with Crippen molar-refractivity contribution in [2.24, 2.45) is 0 Å². The largest absolute Gasteiger partial charge is 0.377 e. The Kier molecular flexibility index (Phi) is 3.68. The zero-order valence-electron chi connectivity index (χ0n) is 16.8. The summed E-state index contributed by atoms with van der Waals surface area (Å²) in [5.74, 6) is 1.87. The second-order valence-corrected chi connectivity index (χ2v) is 8.63. The number of aromatic nitrogens is 5. The van der Waals surface area contributed by atoms with E-state index in [0.717, 1.165) is 29.6 Å². The van der Waals surface area contributed by atoms with E-state index in [0.29, 0.717) is 48.7 Å². The van der Waals surface area contributed by atoms with Crippen LogP contribution in [0, 0.1) is 5.82 Å². The molecule has 6 rings (SSSR count). The molecule has 4 heterocycles. The third kappa shape index (κ3) is 2.68. The standard InChI is InChI=1S/C21H21FN6O2/c1-21(2)10-29-8-7-28(21)18-14-9-13(22)5-6-15(14)27-11-23-16(19(27)25-18)20-24-17(26-30-20)12-3-4-12/h5-6,9,11-12H,3-4,7-8,10H2,1-2H3. The van der Waals surface area contributed by atoms with Gasteiger partial charge in [-0.2, -0.15) is 4.98 Å². The molecule has 1 aliphatic heterocycles. The van der Waals surface area contributed by atoms with Crippen molar-refractivity contribution in [3.05, 3.63) is 36.2 Å². The molecule has 154 valence electrons. The van der Waals surface area contributed by atoms with Crippen molar-refractivity contribution >= 4 is 22.4 Å². The van der Waals surface area contributed by atoms with E-state index in [9.17, 15) is 4.39 Å². The Balaban J connectivity index is 1.60. The molecule has 1 saturated heterocycles. The fourth-order valence-corrected chi connectivity index (χ4v) is 4.13. The van der Waals surface area contributed by atoms with E-state index in [1.807, 2.05) is 4.40 Å². The highest BCUT2D eigenvalue weighted by Crippen LogP contribution is 2.39. The molecule has 0 atom stereocenters. The SMILES string of the molecule is CC1(C)COCCN1c1nc2c(-c3nc(C4CC4)no3)ncn2c2ccc(F)cc12. The molecule has 0 spiro atoms. The van der Waals surface area contributed by atoms with Gasteiger partial charge in [-0.05, 0) is 44.9 Å². The second kappa shape index (κ2) is 6.21. The van der Waals surface area contributed by atoms with E-state index in [-0.39, 0.29) is 11.4 Å². The second-order valence-electron chi connectivity index (χ2n) is 8.63. The number of hydrogen-bond donors (Lipinski definition) is 0. The van der Waals surface area contributed by atoms with Crippen LogP contribution < -0.4 is 4.90 Å². The van der Waals surface area contributed by atoms with Crippen LogP contribution in [-0.2, 0) is 4.74 Å². The van der Waals surface area contributed by atoms with Crippen LogP contribution in [0.5, 0.6) is 0 Å². The lowest BCUT2D eigenvalue weighted by Gasteiger charge is -2.43. The zero-order valence-corrected chi connectivity index (χ0v) is 16.8. The number of fused-ring (bicyclic) bond motifs is 3. The average Bonchev–Trinajstić information content (AvgIpc) is 3.30. The number of imidazole rings is 1. The van der Waals surface area contributed by atoms with Crippen LogP contribution in [0.25, 0.3) is 28.1 Å². The van der Waals surface area contributed by atoms with Crippen LogP contribution in [0.15, 0.2) is 29.0 Å². The molecular weight excluding hydrogens is 387 g/mol. The number of anilines is 1. The molecule has 30 heavy (non-hydrogen) atoms. The normalized spacial score (nSPS) is 19.1. The van der Waals surface area contributed by atoms with E-state index in [1.54, 1.807) is 12.4 Å². The van der Waals surface area contributed by atoms with Crippen molar-refractivity contribution in [3.63, 3.8) is 0 Å². The Bertz CT molecular complexity index is 1280. The van der Waals surface area contributed by atoms with Crippen molar-refractivity contribution in [1.82, 2.24) is 24.5 Å². The Morgan fingerprint density at radius 1 is 1.20 bits per heavy atom. The number of nitrogens with zero attached hydrogens (tertiary/aromatic N) is 6. The predicted molar refractivity (Wildman–Crippen MR) is 108 cm³/mol. The van der Waals surface area contributed by atoms with Gasteiger partial charge in [-0.25, -0.2) is 14.4 Å². The molecule has 0 amide bonds. The van der Waals surface area contributed by atoms with Gasteiger partial charge < -0.3 is 14.2 Å². The molecule has 0 N–H and O–H groups in total. The van der Waals surface area contributed by atoms with E-state index >= 15 is 0 Å². The summed E-state index contributed by atoms with van der Waals surface area (Å²) in [5.41, 5.74) is 1.68. The number of hydrogen-bond acceptors (Lipinski definition) is 7. The zero-order chi connectivity index (χ0) is 20.5. The lowest BCUT2D eigenvalue weighted by Crippen LogP contribution is -2.53. The summed E-state index contributed by atoms with van der Waals surface area (Å²) >= 11 is 0. The van der Waals surface area contributed by atoms with Gasteiger partial charge in [0.2, 0.25) is 0 Å². The molecule has 1 saturated carbocycles. The number of halogens is 1. The molecule has 0 bridgehead atoms. The number of rotatable bonds is 3. The summed E-state index contributed by atoms with van der Waals surface area (Å²) in [7, 11) is 0. The Morgan fingerprint density at radius 2 is 2.07 bits per heavy atom. The fourth-order valence-electron chi connectivity index (χ4n) is 4.13. The van der Waals surface area contributed by atoms with Crippen molar-refractivity contribution in [2.75, 3.05) is 24.7 Å². The molecule has 1 aliphatic carbocycles. The Morgan fingerprint density at radius 3 is 2.87 bits per heavy atom. The van der Waals surface area contributed by atoms with E-state index in [4.69, 9.17) is 14.2 Å². The van der Waals surface area contributed by atoms with Crippen molar-refractivity contribution in [2.45, 2.75) is 38.1 Å². The maximum atomic E-state index is 14.2. The van der Waals surface area contributed by atoms with Crippen molar-refractivity contribution in [1.29, 1.82) is 0 Å². The number of morpholine rings is 1. The fraction of sp³-hybridized carbons (Fsp3) is 0.429. The van der Waals surface area contributed by atoms with E-state index in [1.165, 1.54) is 12.1 Å². The molecule has 3 aromatic heterocycles. The van der Waals surface area contributed by atoms with Gasteiger partial charge in [0, 0.05) is 17.8 Å². The quantitative estimate of drug-likeness (QED) is 0.513. The van der Waals surface area contributed by atoms with Gasteiger partial charge in [0.25, 0.3) is 5.89 Å². The first-order valence-corrected chi connectivity index (χ1v) is 10.2. The van der Waals surface area contributed by atoms with Crippen LogP contribution in [-0.4, -0.2) is 49.8 Å². The third-order valence-corrected chi connectivity index (χ3v) is 5.90. The predicted octanol–water partition coefficient (Wildman–Crippen LogP) is 3.56. The summed E-state index contributed by atoms with van der Waals surface area (Å²) in [6.07, 6.45) is 3.86. The molecular formula is C21H21FN6O2. The first-order chi connectivity index (χ1) is 14.5.